The number of rotatable bonds is 5. The van der Waals surface area contributed by atoms with Crippen LogP contribution >= 0.6 is 11.3 Å². The molecule has 3 heteroatoms. The number of aromatic nitrogens is 1. The fraction of sp³-hybridized carbons (Fsp3) is 0.0323. The predicted octanol–water partition coefficient (Wildman–Crippen LogP) is 16.2. The molecule has 65 heavy (non-hydrogen) atoms. The van der Waals surface area contributed by atoms with Crippen LogP contribution < -0.4 is 4.90 Å². The van der Waals surface area contributed by atoms with Crippen molar-refractivity contribution in [3.63, 3.8) is 0 Å². The van der Waals surface area contributed by atoms with E-state index in [0.29, 0.717) is 0 Å². The predicted molar refractivity (Wildman–Crippen MR) is 273 cm³/mol. The molecule has 2 aromatic heterocycles. The van der Waals surface area contributed by atoms with Crippen LogP contribution in [0, 0.1) is 11.8 Å². The lowest BCUT2D eigenvalue weighted by atomic mass is 9.65. The van der Waals surface area contributed by atoms with E-state index in [4.69, 9.17) is 0 Å². The summed E-state index contributed by atoms with van der Waals surface area (Å²) in [5, 5.41) is 5.19. The SMILES string of the molecule is C1#CC(c2ccc(N(c3ccc(-c4ccc5sc6ccccc6c5c4)cc3)c3ccc4c(c3)C3(c5ccccc5-4)c4ccccc4-n4c5ccccc5c5cccc3c54)cc2)C=CC=C1. The van der Waals surface area contributed by atoms with Crippen molar-refractivity contribution >= 4 is 70.4 Å². The van der Waals surface area contributed by atoms with E-state index in [2.05, 4.69) is 234 Å². The Morgan fingerprint density at radius 1 is 0.477 bits per heavy atom. The Morgan fingerprint density at radius 2 is 1.15 bits per heavy atom. The van der Waals surface area contributed by atoms with Crippen LogP contribution in [0.25, 0.3) is 69.9 Å². The summed E-state index contributed by atoms with van der Waals surface area (Å²) in [4.78, 5) is 2.43. The van der Waals surface area contributed by atoms with Gasteiger partial charge in [-0.05, 0) is 123 Å². The lowest BCUT2D eigenvalue weighted by molar-refractivity contribution is 0.748. The Balaban J connectivity index is 0.977. The summed E-state index contributed by atoms with van der Waals surface area (Å²) in [6, 6.07) is 75.1. The summed E-state index contributed by atoms with van der Waals surface area (Å²) in [6.45, 7) is 0. The second-order valence-electron chi connectivity index (χ2n) is 17.4. The molecule has 1 aliphatic heterocycles. The highest BCUT2D eigenvalue weighted by Crippen LogP contribution is 2.61. The van der Waals surface area contributed by atoms with Crippen molar-refractivity contribution in [3.05, 3.63) is 252 Å². The lowest BCUT2D eigenvalue weighted by Gasteiger charge is -2.40. The maximum atomic E-state index is 3.41. The van der Waals surface area contributed by atoms with E-state index in [9.17, 15) is 0 Å². The lowest BCUT2D eigenvalue weighted by Crippen LogP contribution is -2.33. The Hall–Kier alpha value is -8.16. The molecule has 1 spiro atoms. The third-order valence-corrected chi connectivity index (χ3v) is 15.3. The number of fused-ring (bicyclic) bond motifs is 15. The molecule has 2 aliphatic carbocycles. The normalized spacial score (nSPS) is 16.4. The van der Waals surface area contributed by atoms with E-state index >= 15 is 0 Å². The highest BCUT2D eigenvalue weighted by Gasteiger charge is 2.51. The van der Waals surface area contributed by atoms with Crippen LogP contribution in [0.15, 0.2) is 224 Å². The molecule has 0 saturated heterocycles. The molecule has 0 radical (unpaired) electrons. The van der Waals surface area contributed by atoms with E-state index in [1.807, 2.05) is 23.5 Å². The van der Waals surface area contributed by atoms with Gasteiger partial charge in [0.15, 0.2) is 0 Å². The zero-order chi connectivity index (χ0) is 42.6. The fourth-order valence-electron chi connectivity index (χ4n) is 11.3. The summed E-state index contributed by atoms with van der Waals surface area (Å²) in [6.07, 6.45) is 8.19. The molecule has 2 unspecified atom stereocenters. The number of nitrogens with zero attached hydrogens (tertiary/aromatic N) is 2. The maximum Gasteiger partial charge on any atom is 0.0755 e. The maximum absolute atomic E-state index is 3.41. The van der Waals surface area contributed by atoms with Gasteiger partial charge in [0.1, 0.15) is 0 Å². The van der Waals surface area contributed by atoms with Crippen LogP contribution in [0.5, 0.6) is 0 Å². The average molecular weight is 843 g/mol. The van der Waals surface area contributed by atoms with Crippen LogP contribution in [-0.4, -0.2) is 4.57 Å². The van der Waals surface area contributed by atoms with Crippen molar-refractivity contribution < 1.29 is 0 Å². The molecule has 3 heterocycles. The first kappa shape index (κ1) is 36.3. The molecular formula is C62H38N2S. The molecule has 0 saturated carbocycles. The third kappa shape index (κ3) is 5.18. The minimum absolute atomic E-state index is 0.0347. The van der Waals surface area contributed by atoms with Crippen molar-refractivity contribution in [2.45, 2.75) is 11.3 Å². The number of benzene rings is 9. The number of thiophene rings is 1. The monoisotopic (exact) mass is 842 g/mol. The van der Waals surface area contributed by atoms with Gasteiger partial charge in [0.25, 0.3) is 0 Å². The zero-order valence-electron chi connectivity index (χ0n) is 35.2. The van der Waals surface area contributed by atoms with Gasteiger partial charge in [-0.1, -0.05) is 164 Å². The molecule has 9 aromatic carbocycles. The molecule has 11 aromatic rings. The van der Waals surface area contributed by atoms with E-state index in [1.54, 1.807) is 0 Å². The van der Waals surface area contributed by atoms with Gasteiger partial charge in [-0.3, -0.25) is 0 Å². The minimum atomic E-state index is -0.551. The van der Waals surface area contributed by atoms with Gasteiger partial charge in [0.2, 0.25) is 0 Å². The molecule has 0 bridgehead atoms. The Kier molecular flexibility index (Phi) is 7.78. The van der Waals surface area contributed by atoms with Gasteiger partial charge in [0.05, 0.1) is 28.1 Å². The van der Waals surface area contributed by atoms with E-state index in [-0.39, 0.29) is 5.92 Å². The van der Waals surface area contributed by atoms with Crippen molar-refractivity contribution in [3.8, 4) is 39.8 Å². The van der Waals surface area contributed by atoms with Gasteiger partial charge in [-0.25, -0.2) is 0 Å². The molecule has 0 amide bonds. The van der Waals surface area contributed by atoms with Crippen molar-refractivity contribution in [2.75, 3.05) is 4.90 Å². The van der Waals surface area contributed by atoms with Crippen LogP contribution in [0.2, 0.25) is 0 Å². The van der Waals surface area contributed by atoms with Crippen molar-refractivity contribution in [1.29, 1.82) is 0 Å². The van der Waals surface area contributed by atoms with Gasteiger partial charge >= 0.3 is 0 Å². The fourth-order valence-corrected chi connectivity index (χ4v) is 12.4. The van der Waals surface area contributed by atoms with E-state index in [1.165, 1.54) is 97.7 Å². The number of anilines is 3. The van der Waals surface area contributed by atoms with Crippen molar-refractivity contribution in [2.24, 2.45) is 0 Å². The van der Waals surface area contributed by atoms with E-state index in [0.717, 1.165) is 17.1 Å². The first-order valence-electron chi connectivity index (χ1n) is 22.4. The summed E-state index contributed by atoms with van der Waals surface area (Å²) in [7, 11) is 0. The second-order valence-corrected chi connectivity index (χ2v) is 18.5. The minimum Gasteiger partial charge on any atom is -0.310 e. The van der Waals surface area contributed by atoms with Gasteiger partial charge < -0.3 is 9.47 Å². The number of hydrogen-bond donors (Lipinski definition) is 0. The molecule has 0 fully saturated rings. The molecule has 0 N–H and O–H groups in total. The Morgan fingerprint density at radius 3 is 2.05 bits per heavy atom. The van der Waals surface area contributed by atoms with Gasteiger partial charge in [-0.2, -0.15) is 0 Å². The summed E-state index contributed by atoms with van der Waals surface area (Å²) in [5.74, 6) is 6.65. The Bertz CT molecular complexity index is 3910. The quantitative estimate of drug-likeness (QED) is 0.157. The molecule has 3 aliphatic rings. The first-order valence-corrected chi connectivity index (χ1v) is 23.2. The molecule has 2 nitrogen and oxygen atoms in total. The van der Waals surface area contributed by atoms with Crippen molar-refractivity contribution in [1.82, 2.24) is 4.57 Å². The topological polar surface area (TPSA) is 8.17 Å². The summed E-state index contributed by atoms with van der Waals surface area (Å²) in [5.41, 5.74) is 17.9. The summed E-state index contributed by atoms with van der Waals surface area (Å²) < 4.78 is 5.16. The third-order valence-electron chi connectivity index (χ3n) is 14.1. The number of para-hydroxylation sites is 3. The molecular weight excluding hydrogens is 805 g/mol. The number of allylic oxidation sites excluding steroid dienone is 4. The second kappa shape index (κ2) is 13.9. The van der Waals surface area contributed by atoms with Crippen LogP contribution in [-0.2, 0) is 5.41 Å². The molecule has 14 rings (SSSR count). The molecule has 302 valence electrons. The van der Waals surface area contributed by atoms with E-state index < -0.39 is 5.41 Å². The first-order chi connectivity index (χ1) is 32.2. The van der Waals surface area contributed by atoms with Crippen LogP contribution in [0.1, 0.15) is 33.7 Å². The number of hydrogen-bond acceptors (Lipinski definition) is 2. The average Bonchev–Trinajstić information content (AvgIpc) is 3.90. The standard InChI is InChI=1S/C62H38N2S/c1-2-4-15-40(14-3-1)41-26-31-44(32-27-41)63(45-33-28-42(29-34-45)43-30-37-60-52(38-43)50-18-7-12-25-59(50)65-60)46-35-36-48-47-16-5-8-20-53(47)62(56(48)39-46)54-21-9-11-24-58(54)64-57-23-10-6-17-49(57)51-19-13-22-55(62)61(51)64/h1-3,5-14,16-40H. The summed E-state index contributed by atoms with van der Waals surface area (Å²) >= 11 is 1.86. The molecule has 2 atom stereocenters. The van der Waals surface area contributed by atoms with Crippen LogP contribution in [0.3, 0.4) is 0 Å². The largest absolute Gasteiger partial charge is 0.310 e. The van der Waals surface area contributed by atoms with Gasteiger partial charge in [0, 0.05) is 48.0 Å². The van der Waals surface area contributed by atoms with Gasteiger partial charge in [-0.15, -0.1) is 11.3 Å². The zero-order valence-corrected chi connectivity index (χ0v) is 36.1. The highest BCUT2D eigenvalue weighted by atomic mass is 32.1. The Labute approximate surface area is 381 Å². The van der Waals surface area contributed by atoms with Crippen LogP contribution in [0.4, 0.5) is 17.1 Å². The smallest absolute Gasteiger partial charge is 0.0755 e. The highest BCUT2D eigenvalue weighted by molar-refractivity contribution is 7.25.